The number of aromatic nitrogens is 1. The van der Waals surface area contributed by atoms with E-state index in [0.717, 1.165) is 37.4 Å². The molecule has 0 saturated heterocycles. The summed E-state index contributed by atoms with van der Waals surface area (Å²) in [6, 6.07) is 7.79. The first-order valence-electron chi connectivity index (χ1n) is 10.6. The summed E-state index contributed by atoms with van der Waals surface area (Å²) < 4.78 is 5.37. The summed E-state index contributed by atoms with van der Waals surface area (Å²) in [7, 11) is 0. The third kappa shape index (κ3) is 9.62. The van der Waals surface area contributed by atoms with E-state index < -0.39 is 0 Å². The van der Waals surface area contributed by atoms with Gasteiger partial charge in [-0.3, -0.25) is 0 Å². The Morgan fingerprint density at radius 3 is 2.30 bits per heavy atom. The van der Waals surface area contributed by atoms with Crippen LogP contribution in [0, 0.1) is 6.92 Å². The molecular formula is C23H39N3O. The van der Waals surface area contributed by atoms with Gasteiger partial charge in [-0.15, -0.1) is 0 Å². The van der Waals surface area contributed by atoms with Crippen LogP contribution in [0.5, 0.6) is 0 Å². The van der Waals surface area contributed by atoms with Crippen molar-refractivity contribution >= 4 is 5.69 Å². The van der Waals surface area contributed by atoms with Crippen LogP contribution in [0.15, 0.2) is 28.8 Å². The van der Waals surface area contributed by atoms with Gasteiger partial charge in [-0.1, -0.05) is 50.0 Å². The van der Waals surface area contributed by atoms with Crippen molar-refractivity contribution in [2.45, 2.75) is 79.1 Å². The second-order valence-electron chi connectivity index (χ2n) is 7.11. The largest absolute Gasteiger partial charge is 0.399 e. The number of nitrogens with two attached hydrogens (primary N) is 1. The zero-order valence-electron chi connectivity index (χ0n) is 17.8. The maximum atomic E-state index is 5.43. The smallest absolute Gasteiger partial charge is 0.140 e. The molecular weight excluding hydrogens is 334 g/mol. The summed E-state index contributed by atoms with van der Waals surface area (Å²) in [5.74, 6) is 1.16. The lowest BCUT2D eigenvalue weighted by molar-refractivity contribution is 0.374. The summed E-state index contributed by atoms with van der Waals surface area (Å²) >= 11 is 0. The maximum absolute atomic E-state index is 5.43. The monoisotopic (exact) mass is 373 g/mol. The Balaban J connectivity index is 0.000000224. The average molecular weight is 374 g/mol. The first-order valence-corrected chi connectivity index (χ1v) is 10.6. The molecule has 27 heavy (non-hydrogen) atoms. The van der Waals surface area contributed by atoms with E-state index in [1.165, 1.54) is 55.3 Å². The molecule has 0 amide bonds. The molecule has 3 N–H and O–H groups in total. The van der Waals surface area contributed by atoms with Gasteiger partial charge >= 0.3 is 0 Å². The fraction of sp³-hybridized carbons (Fsp3) is 0.609. The number of hydrogen-bond donors (Lipinski definition) is 2. The number of unbranched alkanes of at least 4 members (excludes halogenated alkanes) is 1. The molecule has 1 aromatic heterocycles. The standard InChI is InChI=1S/C11H17NO.C7H9N.C5H13N/c1-2-3-8-11-9-6-4-5-7-10(9)12-13-11;1-6-2-4-7(8)5-3-6;1-3-5-6-4-2/h2-8H2,1H3;2-5H,8H2,1H3;6H,3-5H2,1-2H3. The number of fused-ring (bicyclic) bond motifs is 1. The number of hydrogen-bond acceptors (Lipinski definition) is 4. The molecule has 3 rings (SSSR count). The number of benzene rings is 1. The Bertz CT molecular complexity index is 580. The Kier molecular flexibility index (Phi) is 12.3. The van der Waals surface area contributed by atoms with Crippen LogP contribution < -0.4 is 11.1 Å². The third-order valence-corrected chi connectivity index (χ3v) is 4.55. The van der Waals surface area contributed by atoms with Gasteiger partial charge in [0.05, 0.1) is 5.69 Å². The molecule has 0 spiro atoms. The number of nitrogens with zero attached hydrogens (tertiary/aromatic N) is 1. The molecule has 1 aliphatic carbocycles. The molecule has 4 heteroatoms. The molecule has 2 aromatic rings. The van der Waals surface area contributed by atoms with Crippen LogP contribution in [0.25, 0.3) is 0 Å². The number of nitrogen functional groups attached to an aromatic ring is 1. The fourth-order valence-corrected chi connectivity index (χ4v) is 2.91. The van der Waals surface area contributed by atoms with Gasteiger partial charge in [0.1, 0.15) is 5.76 Å². The highest BCUT2D eigenvalue weighted by Crippen LogP contribution is 2.24. The van der Waals surface area contributed by atoms with E-state index in [9.17, 15) is 0 Å². The van der Waals surface area contributed by atoms with E-state index in [4.69, 9.17) is 10.3 Å². The molecule has 0 aliphatic heterocycles. The molecule has 0 saturated carbocycles. The fourth-order valence-electron chi connectivity index (χ4n) is 2.91. The first-order chi connectivity index (χ1) is 13.1. The zero-order chi connectivity index (χ0) is 19.9. The predicted octanol–water partition coefficient (Wildman–Crippen LogP) is 5.48. The summed E-state index contributed by atoms with van der Waals surface area (Å²) in [5, 5.41) is 7.33. The lowest BCUT2D eigenvalue weighted by Crippen LogP contribution is -2.12. The second-order valence-corrected chi connectivity index (χ2v) is 7.11. The molecule has 152 valence electrons. The van der Waals surface area contributed by atoms with Crippen molar-refractivity contribution in [1.82, 2.24) is 10.5 Å². The Labute approximate surface area is 165 Å². The molecule has 0 fully saturated rings. The number of rotatable bonds is 6. The van der Waals surface area contributed by atoms with E-state index in [-0.39, 0.29) is 0 Å². The van der Waals surface area contributed by atoms with Crippen molar-refractivity contribution in [2.75, 3.05) is 18.8 Å². The minimum atomic E-state index is 0.829. The molecule has 1 heterocycles. The molecule has 0 unspecified atom stereocenters. The predicted molar refractivity (Wildman–Crippen MR) is 116 cm³/mol. The molecule has 0 bridgehead atoms. The van der Waals surface area contributed by atoms with E-state index in [1.54, 1.807) is 0 Å². The molecule has 1 aliphatic rings. The van der Waals surface area contributed by atoms with Gasteiger partial charge in [0, 0.05) is 17.7 Å². The number of aryl methyl sites for hydroxylation is 3. The van der Waals surface area contributed by atoms with E-state index >= 15 is 0 Å². The van der Waals surface area contributed by atoms with Crippen LogP contribution >= 0.6 is 0 Å². The van der Waals surface area contributed by atoms with Gasteiger partial charge in [-0.25, -0.2) is 0 Å². The number of nitrogens with one attached hydrogen (secondary N) is 1. The van der Waals surface area contributed by atoms with Crippen LogP contribution in [0.1, 0.15) is 75.5 Å². The highest BCUT2D eigenvalue weighted by molar-refractivity contribution is 5.38. The molecule has 0 radical (unpaired) electrons. The number of anilines is 1. The third-order valence-electron chi connectivity index (χ3n) is 4.55. The Morgan fingerprint density at radius 2 is 1.74 bits per heavy atom. The van der Waals surface area contributed by atoms with Crippen LogP contribution in [0.2, 0.25) is 0 Å². The Morgan fingerprint density at radius 1 is 1.04 bits per heavy atom. The second kappa shape index (κ2) is 14.3. The lowest BCUT2D eigenvalue weighted by atomic mass is 9.95. The molecule has 0 atom stereocenters. The minimum Gasteiger partial charge on any atom is -0.399 e. The van der Waals surface area contributed by atoms with Crippen molar-refractivity contribution in [3.8, 4) is 0 Å². The van der Waals surface area contributed by atoms with E-state index in [2.05, 4.69) is 31.2 Å². The summed E-state index contributed by atoms with van der Waals surface area (Å²) in [4.78, 5) is 0. The quantitative estimate of drug-likeness (QED) is 0.520. The van der Waals surface area contributed by atoms with Crippen molar-refractivity contribution in [3.63, 3.8) is 0 Å². The maximum Gasteiger partial charge on any atom is 0.140 e. The van der Waals surface area contributed by atoms with E-state index in [1.807, 2.05) is 31.2 Å². The normalized spacial score (nSPS) is 12.3. The summed E-state index contributed by atoms with van der Waals surface area (Å²) in [6.07, 6.45) is 9.70. The lowest BCUT2D eigenvalue weighted by Gasteiger charge is -2.08. The SMILES string of the molecule is CCCCc1onc2c1CCCC2.CCCNCC.Cc1ccc(N)cc1. The first kappa shape index (κ1) is 23.2. The van der Waals surface area contributed by atoms with Gasteiger partial charge in [0.2, 0.25) is 0 Å². The topological polar surface area (TPSA) is 64.1 Å². The van der Waals surface area contributed by atoms with Gasteiger partial charge in [-0.05, 0) is 70.7 Å². The van der Waals surface area contributed by atoms with Gasteiger partial charge in [0.15, 0.2) is 0 Å². The summed E-state index contributed by atoms with van der Waals surface area (Å²) in [6.45, 7) is 10.8. The highest BCUT2D eigenvalue weighted by Gasteiger charge is 2.18. The van der Waals surface area contributed by atoms with Gasteiger partial charge < -0.3 is 15.6 Å². The van der Waals surface area contributed by atoms with Crippen molar-refractivity contribution in [1.29, 1.82) is 0 Å². The van der Waals surface area contributed by atoms with Crippen LogP contribution in [0.4, 0.5) is 5.69 Å². The van der Waals surface area contributed by atoms with Crippen LogP contribution in [0.3, 0.4) is 0 Å². The van der Waals surface area contributed by atoms with Crippen molar-refractivity contribution < 1.29 is 4.52 Å². The molecule has 1 aromatic carbocycles. The highest BCUT2D eigenvalue weighted by atomic mass is 16.5. The summed E-state index contributed by atoms with van der Waals surface area (Å²) in [5.41, 5.74) is 10.2. The van der Waals surface area contributed by atoms with Crippen LogP contribution in [-0.2, 0) is 19.3 Å². The molecule has 4 nitrogen and oxygen atoms in total. The zero-order valence-corrected chi connectivity index (χ0v) is 17.8. The van der Waals surface area contributed by atoms with Crippen LogP contribution in [-0.4, -0.2) is 18.2 Å². The minimum absolute atomic E-state index is 0.829. The van der Waals surface area contributed by atoms with Gasteiger partial charge in [0.25, 0.3) is 0 Å². The van der Waals surface area contributed by atoms with Crippen molar-refractivity contribution in [2.24, 2.45) is 0 Å². The average Bonchev–Trinajstić information content (AvgIpc) is 3.11. The Hall–Kier alpha value is -1.81. The van der Waals surface area contributed by atoms with Crippen molar-refractivity contribution in [3.05, 3.63) is 46.8 Å². The van der Waals surface area contributed by atoms with E-state index in [0.29, 0.717) is 0 Å². The van der Waals surface area contributed by atoms with Gasteiger partial charge in [-0.2, -0.15) is 0 Å².